The molecule has 0 aliphatic heterocycles. The third kappa shape index (κ3) is 3.45. The van der Waals surface area contributed by atoms with E-state index in [1.807, 2.05) is 36.4 Å². The summed E-state index contributed by atoms with van der Waals surface area (Å²) in [4.78, 5) is 8.48. The standard InChI is InChI=1S/C16H16N4O/c17-14-6-2-1-5-13(14)7-8-16-19-15(20-21-16)10-12-4-3-9-18-11-12/h1-6,9,11H,7-8,10,17H2. The molecule has 3 aromatic rings. The van der Waals surface area contributed by atoms with Crippen LogP contribution >= 0.6 is 0 Å². The lowest BCUT2D eigenvalue weighted by Crippen LogP contribution is -1.97. The number of benzene rings is 1. The molecular weight excluding hydrogens is 264 g/mol. The van der Waals surface area contributed by atoms with Crippen LogP contribution in [0.2, 0.25) is 0 Å². The van der Waals surface area contributed by atoms with Gasteiger partial charge in [0.2, 0.25) is 5.89 Å². The largest absolute Gasteiger partial charge is 0.399 e. The highest BCUT2D eigenvalue weighted by atomic mass is 16.5. The second kappa shape index (κ2) is 6.17. The number of hydrogen-bond donors (Lipinski definition) is 1. The normalized spacial score (nSPS) is 10.7. The first-order chi connectivity index (χ1) is 10.3. The summed E-state index contributed by atoms with van der Waals surface area (Å²) in [6.07, 6.45) is 5.66. The zero-order chi connectivity index (χ0) is 14.5. The minimum absolute atomic E-state index is 0.630. The second-order valence-electron chi connectivity index (χ2n) is 4.84. The number of hydrogen-bond acceptors (Lipinski definition) is 5. The van der Waals surface area contributed by atoms with Crippen LogP contribution in [0.25, 0.3) is 0 Å². The predicted octanol–water partition coefficient (Wildman–Crippen LogP) is 2.42. The molecule has 106 valence electrons. The molecule has 0 saturated heterocycles. The van der Waals surface area contributed by atoms with Gasteiger partial charge in [-0.1, -0.05) is 29.4 Å². The highest BCUT2D eigenvalue weighted by Gasteiger charge is 2.08. The maximum atomic E-state index is 5.92. The Hall–Kier alpha value is -2.69. The van der Waals surface area contributed by atoms with Crippen molar-refractivity contribution >= 4 is 5.69 Å². The van der Waals surface area contributed by atoms with E-state index >= 15 is 0 Å². The van der Waals surface area contributed by atoms with Crippen molar-refractivity contribution in [1.82, 2.24) is 15.1 Å². The van der Waals surface area contributed by atoms with Crippen molar-refractivity contribution in [3.8, 4) is 0 Å². The molecule has 2 heterocycles. The Labute approximate surface area is 122 Å². The van der Waals surface area contributed by atoms with Crippen LogP contribution in [-0.4, -0.2) is 15.1 Å². The molecule has 0 amide bonds. The quantitative estimate of drug-likeness (QED) is 0.726. The van der Waals surface area contributed by atoms with E-state index in [1.54, 1.807) is 12.4 Å². The van der Waals surface area contributed by atoms with Crippen LogP contribution in [-0.2, 0) is 19.3 Å². The van der Waals surface area contributed by atoms with E-state index in [-0.39, 0.29) is 0 Å². The fourth-order valence-electron chi connectivity index (χ4n) is 2.15. The van der Waals surface area contributed by atoms with E-state index in [9.17, 15) is 0 Å². The molecule has 0 spiro atoms. The topological polar surface area (TPSA) is 77.8 Å². The molecule has 1 aromatic carbocycles. The highest BCUT2D eigenvalue weighted by Crippen LogP contribution is 2.14. The van der Waals surface area contributed by atoms with Crippen molar-refractivity contribution in [3.63, 3.8) is 0 Å². The minimum atomic E-state index is 0.630. The third-order valence-corrected chi connectivity index (χ3v) is 3.26. The number of para-hydroxylation sites is 1. The van der Waals surface area contributed by atoms with Crippen LogP contribution in [0.1, 0.15) is 22.8 Å². The Morgan fingerprint density at radius 2 is 1.95 bits per heavy atom. The Morgan fingerprint density at radius 1 is 1.05 bits per heavy atom. The Bertz CT molecular complexity index is 709. The van der Waals surface area contributed by atoms with E-state index < -0.39 is 0 Å². The number of aryl methyl sites for hydroxylation is 2. The number of nitrogens with zero attached hydrogens (tertiary/aromatic N) is 3. The zero-order valence-corrected chi connectivity index (χ0v) is 11.6. The van der Waals surface area contributed by atoms with Gasteiger partial charge < -0.3 is 10.3 Å². The molecular formula is C16H16N4O. The molecule has 0 unspecified atom stereocenters. The monoisotopic (exact) mass is 280 g/mol. The van der Waals surface area contributed by atoms with Gasteiger partial charge in [0, 0.05) is 30.9 Å². The van der Waals surface area contributed by atoms with Crippen molar-refractivity contribution in [2.45, 2.75) is 19.3 Å². The zero-order valence-electron chi connectivity index (χ0n) is 11.6. The maximum absolute atomic E-state index is 5.92. The summed E-state index contributed by atoms with van der Waals surface area (Å²) in [7, 11) is 0. The lowest BCUT2D eigenvalue weighted by atomic mass is 10.1. The van der Waals surface area contributed by atoms with E-state index in [0.717, 1.165) is 23.2 Å². The molecule has 2 N–H and O–H groups in total. The van der Waals surface area contributed by atoms with Crippen molar-refractivity contribution < 1.29 is 4.52 Å². The first kappa shape index (κ1) is 13.3. The van der Waals surface area contributed by atoms with Gasteiger partial charge in [0.15, 0.2) is 5.82 Å². The number of nitrogens with two attached hydrogens (primary N) is 1. The van der Waals surface area contributed by atoms with Crippen molar-refractivity contribution in [2.24, 2.45) is 0 Å². The Kier molecular flexibility index (Phi) is 3.91. The van der Waals surface area contributed by atoms with Gasteiger partial charge in [-0.05, 0) is 29.7 Å². The smallest absolute Gasteiger partial charge is 0.226 e. The average molecular weight is 280 g/mol. The summed E-state index contributed by atoms with van der Waals surface area (Å²) in [6.45, 7) is 0. The summed E-state index contributed by atoms with van der Waals surface area (Å²) in [5.74, 6) is 1.32. The number of anilines is 1. The fourth-order valence-corrected chi connectivity index (χ4v) is 2.15. The average Bonchev–Trinajstić information content (AvgIpc) is 2.95. The highest BCUT2D eigenvalue weighted by molar-refractivity contribution is 5.46. The third-order valence-electron chi connectivity index (χ3n) is 3.26. The van der Waals surface area contributed by atoms with E-state index in [1.165, 1.54) is 0 Å². The van der Waals surface area contributed by atoms with Crippen molar-refractivity contribution in [1.29, 1.82) is 0 Å². The summed E-state index contributed by atoms with van der Waals surface area (Å²) >= 11 is 0. The molecule has 0 saturated carbocycles. The SMILES string of the molecule is Nc1ccccc1CCc1nc(Cc2cccnc2)no1. The first-order valence-electron chi connectivity index (χ1n) is 6.85. The molecule has 0 aliphatic rings. The van der Waals surface area contributed by atoms with Crippen LogP contribution in [0, 0.1) is 0 Å². The van der Waals surface area contributed by atoms with Crippen LogP contribution < -0.4 is 5.73 Å². The summed E-state index contributed by atoms with van der Waals surface area (Å²) < 4.78 is 5.28. The number of rotatable bonds is 5. The molecule has 5 heteroatoms. The van der Waals surface area contributed by atoms with Crippen LogP contribution in [0.3, 0.4) is 0 Å². The number of aromatic nitrogens is 3. The molecule has 3 rings (SSSR count). The first-order valence-corrected chi connectivity index (χ1v) is 6.85. The van der Waals surface area contributed by atoms with E-state index in [4.69, 9.17) is 10.3 Å². The van der Waals surface area contributed by atoms with Gasteiger partial charge in [-0.25, -0.2) is 0 Å². The van der Waals surface area contributed by atoms with E-state index in [2.05, 4.69) is 15.1 Å². The molecule has 21 heavy (non-hydrogen) atoms. The fraction of sp³-hybridized carbons (Fsp3) is 0.188. The molecule has 0 fully saturated rings. The summed E-state index contributed by atoms with van der Waals surface area (Å²) in [6, 6.07) is 11.7. The molecule has 0 atom stereocenters. The van der Waals surface area contributed by atoms with Gasteiger partial charge in [-0.15, -0.1) is 0 Å². The second-order valence-corrected chi connectivity index (χ2v) is 4.84. The number of pyridine rings is 1. The van der Waals surface area contributed by atoms with Gasteiger partial charge in [0.1, 0.15) is 0 Å². The maximum Gasteiger partial charge on any atom is 0.226 e. The van der Waals surface area contributed by atoms with Gasteiger partial charge in [-0.3, -0.25) is 4.98 Å². The van der Waals surface area contributed by atoms with Crippen LogP contribution in [0.15, 0.2) is 53.3 Å². The van der Waals surface area contributed by atoms with Gasteiger partial charge in [0.05, 0.1) is 0 Å². The number of nitrogen functional groups attached to an aromatic ring is 1. The molecule has 5 nitrogen and oxygen atoms in total. The Morgan fingerprint density at radius 3 is 2.76 bits per heavy atom. The van der Waals surface area contributed by atoms with E-state index in [0.29, 0.717) is 24.6 Å². The van der Waals surface area contributed by atoms with Crippen LogP contribution in [0.5, 0.6) is 0 Å². The lowest BCUT2D eigenvalue weighted by molar-refractivity contribution is 0.374. The molecule has 0 radical (unpaired) electrons. The van der Waals surface area contributed by atoms with Gasteiger partial charge in [0.25, 0.3) is 0 Å². The summed E-state index contributed by atoms with van der Waals surface area (Å²) in [5.41, 5.74) is 8.89. The summed E-state index contributed by atoms with van der Waals surface area (Å²) in [5, 5.41) is 4.00. The molecule has 2 aromatic heterocycles. The van der Waals surface area contributed by atoms with Gasteiger partial charge in [-0.2, -0.15) is 4.98 Å². The van der Waals surface area contributed by atoms with Gasteiger partial charge >= 0.3 is 0 Å². The minimum Gasteiger partial charge on any atom is -0.399 e. The van der Waals surface area contributed by atoms with Crippen LogP contribution in [0.4, 0.5) is 5.69 Å². The van der Waals surface area contributed by atoms with Crippen molar-refractivity contribution in [3.05, 3.63) is 71.6 Å². The Balaban J connectivity index is 1.62. The lowest BCUT2D eigenvalue weighted by Gasteiger charge is -2.02. The molecule has 0 aliphatic carbocycles. The van der Waals surface area contributed by atoms with Crippen molar-refractivity contribution in [2.75, 3.05) is 5.73 Å². The predicted molar refractivity (Wildman–Crippen MR) is 79.6 cm³/mol. The molecule has 0 bridgehead atoms.